The molecule has 0 amide bonds. The third-order valence-electron chi connectivity index (χ3n) is 4.29. The number of halogens is 1. The molecule has 2 aliphatic rings. The van der Waals surface area contributed by atoms with Gasteiger partial charge in [0.15, 0.2) is 5.78 Å². The molecule has 0 spiro atoms. The van der Waals surface area contributed by atoms with Crippen LogP contribution in [0.15, 0.2) is 30.5 Å². The molecule has 1 N–H and O–H groups in total. The standard InChI is InChI=1S/C17H16FN3O/c18-12-3-1-10(2-4-12)11-7-15-14(16(22)8-11)9-19-17(21-15)20-13-5-6-13/h1-4,9,11,13H,5-8H2,(H,19,20,21). The first-order valence-electron chi connectivity index (χ1n) is 7.60. The average Bonchev–Trinajstić information content (AvgIpc) is 3.31. The van der Waals surface area contributed by atoms with Crippen molar-refractivity contribution >= 4 is 11.7 Å². The third kappa shape index (κ3) is 2.58. The number of carbonyl (C=O) groups excluding carboxylic acids is 1. The number of rotatable bonds is 3. The number of aromatic nitrogens is 2. The Morgan fingerprint density at radius 2 is 1.91 bits per heavy atom. The summed E-state index contributed by atoms with van der Waals surface area (Å²) >= 11 is 0. The summed E-state index contributed by atoms with van der Waals surface area (Å²) < 4.78 is 13.1. The van der Waals surface area contributed by atoms with E-state index in [1.54, 1.807) is 18.3 Å². The second-order valence-corrected chi connectivity index (χ2v) is 6.05. The van der Waals surface area contributed by atoms with Crippen LogP contribution in [-0.4, -0.2) is 21.8 Å². The van der Waals surface area contributed by atoms with Gasteiger partial charge in [0.2, 0.25) is 5.95 Å². The molecule has 1 saturated carbocycles. The van der Waals surface area contributed by atoms with Crippen molar-refractivity contribution in [3.63, 3.8) is 0 Å². The smallest absolute Gasteiger partial charge is 0.223 e. The van der Waals surface area contributed by atoms with Crippen LogP contribution in [0.3, 0.4) is 0 Å². The van der Waals surface area contributed by atoms with E-state index in [1.165, 1.54) is 12.1 Å². The van der Waals surface area contributed by atoms with Crippen molar-refractivity contribution in [2.75, 3.05) is 5.32 Å². The fourth-order valence-electron chi connectivity index (χ4n) is 2.90. The molecule has 0 aliphatic heterocycles. The lowest BCUT2D eigenvalue weighted by molar-refractivity contribution is 0.0962. The van der Waals surface area contributed by atoms with E-state index in [0.29, 0.717) is 30.4 Å². The maximum atomic E-state index is 13.1. The zero-order valence-corrected chi connectivity index (χ0v) is 12.1. The minimum Gasteiger partial charge on any atom is -0.351 e. The van der Waals surface area contributed by atoms with Gasteiger partial charge in [-0.3, -0.25) is 4.79 Å². The molecule has 0 saturated heterocycles. The number of nitrogens with zero attached hydrogens (tertiary/aromatic N) is 2. The van der Waals surface area contributed by atoms with Gasteiger partial charge in [-0.2, -0.15) is 0 Å². The molecule has 1 heterocycles. The second-order valence-electron chi connectivity index (χ2n) is 6.05. The Labute approximate surface area is 127 Å². The Kier molecular flexibility index (Phi) is 3.13. The van der Waals surface area contributed by atoms with Gasteiger partial charge in [-0.1, -0.05) is 12.1 Å². The molecule has 5 heteroatoms. The zero-order valence-electron chi connectivity index (χ0n) is 12.1. The van der Waals surface area contributed by atoms with Crippen molar-refractivity contribution in [1.82, 2.24) is 9.97 Å². The van der Waals surface area contributed by atoms with E-state index in [-0.39, 0.29) is 17.5 Å². The Morgan fingerprint density at radius 1 is 1.14 bits per heavy atom. The molecule has 2 aromatic rings. The molecule has 22 heavy (non-hydrogen) atoms. The number of anilines is 1. The number of hydrogen-bond acceptors (Lipinski definition) is 4. The van der Waals surface area contributed by atoms with E-state index < -0.39 is 0 Å². The summed E-state index contributed by atoms with van der Waals surface area (Å²) in [6.07, 6.45) is 5.05. The van der Waals surface area contributed by atoms with E-state index in [9.17, 15) is 9.18 Å². The van der Waals surface area contributed by atoms with Crippen molar-refractivity contribution in [3.05, 3.63) is 53.1 Å². The van der Waals surface area contributed by atoms with Crippen LogP contribution in [0, 0.1) is 5.82 Å². The van der Waals surface area contributed by atoms with Gasteiger partial charge in [0.1, 0.15) is 5.82 Å². The number of nitrogens with one attached hydrogen (secondary N) is 1. The van der Waals surface area contributed by atoms with Crippen LogP contribution < -0.4 is 5.32 Å². The van der Waals surface area contributed by atoms with Gasteiger partial charge < -0.3 is 5.32 Å². The highest BCUT2D eigenvalue weighted by Gasteiger charge is 2.29. The number of hydrogen-bond donors (Lipinski definition) is 1. The summed E-state index contributed by atoms with van der Waals surface area (Å²) in [4.78, 5) is 21.1. The molecule has 0 bridgehead atoms. The SMILES string of the molecule is O=C1CC(c2ccc(F)cc2)Cc2nc(NC3CC3)ncc21. The summed E-state index contributed by atoms with van der Waals surface area (Å²) in [6, 6.07) is 6.86. The normalized spacial score (nSPS) is 20.6. The summed E-state index contributed by atoms with van der Waals surface area (Å²) in [7, 11) is 0. The van der Waals surface area contributed by atoms with E-state index in [2.05, 4.69) is 15.3 Å². The van der Waals surface area contributed by atoms with Crippen LogP contribution in [0.4, 0.5) is 10.3 Å². The van der Waals surface area contributed by atoms with Crippen molar-refractivity contribution in [3.8, 4) is 0 Å². The largest absolute Gasteiger partial charge is 0.351 e. The number of ketones is 1. The van der Waals surface area contributed by atoms with Gasteiger partial charge in [0.25, 0.3) is 0 Å². The second kappa shape index (κ2) is 5.16. The van der Waals surface area contributed by atoms with Crippen LogP contribution in [0.1, 0.15) is 46.8 Å². The molecule has 4 nitrogen and oxygen atoms in total. The summed E-state index contributed by atoms with van der Waals surface area (Å²) in [5, 5.41) is 3.26. The first-order chi connectivity index (χ1) is 10.7. The number of fused-ring (bicyclic) bond motifs is 1. The van der Waals surface area contributed by atoms with Gasteiger partial charge in [0.05, 0.1) is 11.3 Å². The topological polar surface area (TPSA) is 54.9 Å². The molecule has 1 atom stereocenters. The monoisotopic (exact) mass is 297 g/mol. The van der Waals surface area contributed by atoms with E-state index in [1.807, 2.05) is 0 Å². The quantitative estimate of drug-likeness (QED) is 0.946. The Balaban J connectivity index is 1.62. The first-order valence-corrected chi connectivity index (χ1v) is 7.60. The third-order valence-corrected chi connectivity index (χ3v) is 4.29. The van der Waals surface area contributed by atoms with Crippen LogP contribution in [0.25, 0.3) is 0 Å². The fraction of sp³-hybridized carbons (Fsp3) is 0.353. The summed E-state index contributed by atoms with van der Waals surface area (Å²) in [5.41, 5.74) is 2.40. The predicted molar refractivity (Wildman–Crippen MR) is 80.5 cm³/mol. The lowest BCUT2D eigenvalue weighted by Gasteiger charge is -2.23. The van der Waals surface area contributed by atoms with Crippen LogP contribution in [0.5, 0.6) is 0 Å². The Morgan fingerprint density at radius 3 is 2.64 bits per heavy atom. The molecular weight excluding hydrogens is 281 g/mol. The molecule has 2 aliphatic carbocycles. The molecule has 0 radical (unpaired) electrons. The number of Topliss-reactive ketones (excluding diaryl/α,β-unsaturated/α-hetero) is 1. The van der Waals surface area contributed by atoms with Gasteiger partial charge in [-0.15, -0.1) is 0 Å². The maximum absolute atomic E-state index is 13.1. The molecule has 4 rings (SSSR count). The van der Waals surface area contributed by atoms with E-state index >= 15 is 0 Å². The molecule has 1 aromatic heterocycles. The van der Waals surface area contributed by atoms with Crippen molar-refractivity contribution in [2.24, 2.45) is 0 Å². The number of carbonyl (C=O) groups is 1. The minimum atomic E-state index is -0.260. The highest BCUT2D eigenvalue weighted by molar-refractivity contribution is 5.98. The van der Waals surface area contributed by atoms with Gasteiger partial charge in [-0.05, 0) is 42.9 Å². The van der Waals surface area contributed by atoms with Crippen LogP contribution in [-0.2, 0) is 6.42 Å². The van der Waals surface area contributed by atoms with Crippen LogP contribution >= 0.6 is 0 Å². The molecule has 1 aromatic carbocycles. The lowest BCUT2D eigenvalue weighted by Crippen LogP contribution is -2.21. The van der Waals surface area contributed by atoms with Gasteiger partial charge >= 0.3 is 0 Å². The summed E-state index contributed by atoms with van der Waals surface area (Å²) in [5.74, 6) is 0.469. The van der Waals surface area contributed by atoms with Crippen molar-refractivity contribution in [1.29, 1.82) is 0 Å². The molecule has 112 valence electrons. The average molecular weight is 297 g/mol. The predicted octanol–water partition coefficient (Wildman–Crippen LogP) is 3.10. The van der Waals surface area contributed by atoms with Gasteiger partial charge in [0, 0.05) is 18.7 Å². The Hall–Kier alpha value is -2.30. The highest BCUT2D eigenvalue weighted by Crippen LogP contribution is 2.32. The zero-order chi connectivity index (χ0) is 15.1. The van der Waals surface area contributed by atoms with Crippen molar-refractivity contribution < 1.29 is 9.18 Å². The van der Waals surface area contributed by atoms with Crippen molar-refractivity contribution in [2.45, 2.75) is 37.6 Å². The minimum absolute atomic E-state index is 0.0595. The summed E-state index contributed by atoms with van der Waals surface area (Å²) in [6.45, 7) is 0. The van der Waals surface area contributed by atoms with Gasteiger partial charge in [-0.25, -0.2) is 14.4 Å². The van der Waals surface area contributed by atoms with Crippen LogP contribution in [0.2, 0.25) is 0 Å². The van der Waals surface area contributed by atoms with E-state index in [0.717, 1.165) is 24.1 Å². The maximum Gasteiger partial charge on any atom is 0.223 e. The fourth-order valence-corrected chi connectivity index (χ4v) is 2.90. The molecular formula is C17H16FN3O. The number of benzene rings is 1. The molecule has 1 unspecified atom stereocenters. The first kappa shape index (κ1) is 13.4. The Bertz CT molecular complexity index is 725. The van der Waals surface area contributed by atoms with E-state index in [4.69, 9.17) is 0 Å². The molecule has 1 fully saturated rings. The highest BCUT2D eigenvalue weighted by atomic mass is 19.1. The lowest BCUT2D eigenvalue weighted by atomic mass is 9.82.